The standard InChI is InChI=1S/2C18H16NP.2BrH/c2*19-20(16-10-4-1-5-11-16,17-12-6-2-7-13-17)18-14-8-3-9-15-18;;/h2*1-15,19H;2*1H. The van der Waals surface area contributed by atoms with Crippen LogP contribution in [0.3, 0.4) is 0 Å². The maximum atomic E-state index is 9.25. The second-order valence-electron chi connectivity index (χ2n) is 9.35. The molecule has 0 aromatic heterocycles. The first kappa shape index (κ1) is 33.2. The topological polar surface area (TPSA) is 47.7 Å². The number of rotatable bonds is 6. The molecule has 6 rings (SSSR count). The Balaban J connectivity index is 0.000000220. The molecular weight excluding hydrogens is 682 g/mol. The molecule has 6 aromatic rings. The van der Waals surface area contributed by atoms with E-state index in [0.29, 0.717) is 0 Å². The van der Waals surface area contributed by atoms with Crippen LogP contribution in [0.15, 0.2) is 182 Å². The lowest BCUT2D eigenvalue weighted by Crippen LogP contribution is -2.24. The summed E-state index contributed by atoms with van der Waals surface area (Å²) in [5.41, 5.74) is 0. The molecule has 0 saturated carbocycles. The Hall–Kier alpha value is -3.26. The van der Waals surface area contributed by atoms with Gasteiger partial charge in [0, 0.05) is 0 Å². The van der Waals surface area contributed by atoms with Crippen LogP contribution in [0.4, 0.5) is 0 Å². The predicted octanol–water partition coefficient (Wildman–Crippen LogP) is 8.64. The summed E-state index contributed by atoms with van der Waals surface area (Å²) in [5.74, 6) is 0. The lowest BCUT2D eigenvalue weighted by atomic mass is 10.4. The van der Waals surface area contributed by atoms with Crippen molar-refractivity contribution in [2.24, 2.45) is 0 Å². The summed E-state index contributed by atoms with van der Waals surface area (Å²) in [5, 5.41) is 25.1. The average molecular weight is 716 g/mol. The summed E-state index contributed by atoms with van der Waals surface area (Å²) in [6, 6.07) is 61.1. The minimum absolute atomic E-state index is 0. The van der Waals surface area contributed by atoms with E-state index in [4.69, 9.17) is 0 Å². The zero-order chi connectivity index (χ0) is 27.7. The molecular formula is C36H34Br2N2P2. The van der Waals surface area contributed by atoms with E-state index in [2.05, 4.69) is 72.8 Å². The predicted molar refractivity (Wildman–Crippen MR) is 196 cm³/mol. The molecule has 6 aromatic carbocycles. The van der Waals surface area contributed by atoms with Gasteiger partial charge < -0.3 is 10.3 Å². The lowest BCUT2D eigenvalue weighted by molar-refractivity contribution is 1.59. The minimum Gasteiger partial charge on any atom is -0.305 e. The highest BCUT2D eigenvalue weighted by atomic mass is 79.9. The van der Waals surface area contributed by atoms with Gasteiger partial charge in [0.15, 0.2) is 0 Å². The Bertz CT molecular complexity index is 1380. The maximum absolute atomic E-state index is 9.25. The Morgan fingerprint density at radius 2 is 0.357 bits per heavy atom. The molecule has 0 heterocycles. The summed E-state index contributed by atoms with van der Waals surface area (Å²) < 4.78 is 0. The van der Waals surface area contributed by atoms with Gasteiger partial charge in [-0.25, -0.2) is 0 Å². The average Bonchev–Trinajstić information content (AvgIpc) is 3.07. The van der Waals surface area contributed by atoms with Crippen molar-refractivity contribution in [1.29, 1.82) is 10.3 Å². The molecule has 0 fully saturated rings. The Morgan fingerprint density at radius 1 is 0.238 bits per heavy atom. The minimum atomic E-state index is -2.28. The van der Waals surface area contributed by atoms with Gasteiger partial charge >= 0.3 is 0 Å². The summed E-state index contributed by atoms with van der Waals surface area (Å²) in [4.78, 5) is 0. The first-order chi connectivity index (χ1) is 19.6. The number of benzene rings is 6. The van der Waals surface area contributed by atoms with Gasteiger partial charge in [-0.05, 0) is 31.8 Å². The van der Waals surface area contributed by atoms with Gasteiger partial charge in [-0.15, -0.1) is 34.0 Å². The molecule has 0 aliphatic rings. The monoisotopic (exact) mass is 714 g/mol. The van der Waals surface area contributed by atoms with Crippen molar-refractivity contribution < 1.29 is 0 Å². The second-order valence-corrected chi connectivity index (χ2v) is 15.1. The van der Waals surface area contributed by atoms with Crippen LogP contribution in [0, 0.1) is 10.3 Å². The van der Waals surface area contributed by atoms with Crippen molar-refractivity contribution in [3.05, 3.63) is 182 Å². The van der Waals surface area contributed by atoms with E-state index in [1.165, 1.54) is 0 Å². The first-order valence-corrected chi connectivity index (χ1v) is 16.8. The Kier molecular flexibility index (Phi) is 12.5. The maximum Gasteiger partial charge on any atom is 0.0512 e. The van der Waals surface area contributed by atoms with E-state index in [1.807, 2.05) is 109 Å². The molecule has 0 aliphatic heterocycles. The molecule has 2 N–H and O–H groups in total. The molecule has 0 amide bonds. The van der Waals surface area contributed by atoms with E-state index < -0.39 is 14.1 Å². The largest absolute Gasteiger partial charge is 0.305 e. The van der Waals surface area contributed by atoms with E-state index >= 15 is 0 Å². The van der Waals surface area contributed by atoms with E-state index in [1.54, 1.807) is 0 Å². The molecule has 42 heavy (non-hydrogen) atoms. The SMILES string of the molecule is Br.Br.N=P(c1ccccc1)(c1ccccc1)c1ccccc1.N=P(c1ccccc1)(c1ccccc1)c1ccccc1. The van der Waals surface area contributed by atoms with Crippen LogP contribution < -0.4 is 31.8 Å². The highest BCUT2D eigenvalue weighted by molar-refractivity contribution is 8.93. The normalized spacial score (nSPS) is 10.7. The van der Waals surface area contributed by atoms with E-state index in [9.17, 15) is 10.3 Å². The molecule has 0 spiro atoms. The second kappa shape index (κ2) is 15.8. The fourth-order valence-corrected chi connectivity index (χ4v) is 10.3. The smallest absolute Gasteiger partial charge is 0.0512 e. The zero-order valence-electron chi connectivity index (χ0n) is 23.0. The Labute approximate surface area is 270 Å². The van der Waals surface area contributed by atoms with Gasteiger partial charge in [0.1, 0.15) is 0 Å². The summed E-state index contributed by atoms with van der Waals surface area (Å²) in [6.45, 7) is 0. The van der Waals surface area contributed by atoms with Crippen LogP contribution in [0.25, 0.3) is 0 Å². The van der Waals surface area contributed by atoms with Crippen molar-refractivity contribution in [3.63, 3.8) is 0 Å². The van der Waals surface area contributed by atoms with Crippen molar-refractivity contribution in [2.75, 3.05) is 0 Å². The van der Waals surface area contributed by atoms with Crippen LogP contribution in [-0.4, -0.2) is 0 Å². The fraction of sp³-hybridized carbons (Fsp3) is 0. The molecule has 0 aliphatic carbocycles. The van der Waals surface area contributed by atoms with Gasteiger partial charge in [-0.1, -0.05) is 182 Å². The number of nitrogens with one attached hydrogen (secondary N) is 2. The zero-order valence-corrected chi connectivity index (χ0v) is 28.2. The third-order valence-corrected chi connectivity index (χ3v) is 13.3. The highest BCUT2D eigenvalue weighted by Crippen LogP contribution is 2.43. The van der Waals surface area contributed by atoms with Crippen molar-refractivity contribution in [3.8, 4) is 0 Å². The quantitative estimate of drug-likeness (QED) is 0.162. The summed E-state index contributed by atoms with van der Waals surface area (Å²) in [6.07, 6.45) is 0. The van der Waals surface area contributed by atoms with Crippen LogP contribution in [0.2, 0.25) is 0 Å². The van der Waals surface area contributed by atoms with Gasteiger partial charge in [-0.3, -0.25) is 0 Å². The van der Waals surface area contributed by atoms with Crippen LogP contribution in [0.1, 0.15) is 0 Å². The molecule has 0 radical (unpaired) electrons. The van der Waals surface area contributed by atoms with Crippen LogP contribution >= 0.6 is 48.1 Å². The number of hydrogen-bond acceptors (Lipinski definition) is 2. The molecule has 0 bridgehead atoms. The summed E-state index contributed by atoms with van der Waals surface area (Å²) in [7, 11) is -4.55. The number of hydrogen-bond donors (Lipinski definition) is 2. The number of halogens is 2. The Morgan fingerprint density at radius 3 is 0.476 bits per heavy atom. The fourth-order valence-electron chi connectivity index (χ4n) is 4.80. The third kappa shape index (κ3) is 7.20. The van der Waals surface area contributed by atoms with Crippen molar-refractivity contribution in [1.82, 2.24) is 0 Å². The lowest BCUT2D eigenvalue weighted by Gasteiger charge is -2.24. The summed E-state index contributed by atoms with van der Waals surface area (Å²) >= 11 is 0. The molecule has 0 atom stereocenters. The van der Waals surface area contributed by atoms with E-state index in [-0.39, 0.29) is 34.0 Å². The van der Waals surface area contributed by atoms with Crippen LogP contribution in [-0.2, 0) is 0 Å². The van der Waals surface area contributed by atoms with Gasteiger partial charge in [0.25, 0.3) is 0 Å². The third-order valence-electron chi connectivity index (χ3n) is 6.86. The molecule has 0 saturated heterocycles. The van der Waals surface area contributed by atoms with Gasteiger partial charge in [-0.2, -0.15) is 0 Å². The molecule has 2 nitrogen and oxygen atoms in total. The van der Waals surface area contributed by atoms with Crippen LogP contribution in [0.5, 0.6) is 0 Å². The van der Waals surface area contributed by atoms with Gasteiger partial charge in [0.05, 0.1) is 14.1 Å². The highest BCUT2D eigenvalue weighted by Gasteiger charge is 2.25. The van der Waals surface area contributed by atoms with Crippen molar-refractivity contribution >= 4 is 79.9 Å². The first-order valence-electron chi connectivity index (χ1n) is 13.3. The van der Waals surface area contributed by atoms with Gasteiger partial charge in [0.2, 0.25) is 0 Å². The molecule has 6 heteroatoms. The van der Waals surface area contributed by atoms with Crippen molar-refractivity contribution in [2.45, 2.75) is 0 Å². The molecule has 212 valence electrons. The van der Waals surface area contributed by atoms with E-state index in [0.717, 1.165) is 31.8 Å². The molecule has 0 unspecified atom stereocenters.